The zero-order valence-electron chi connectivity index (χ0n) is 17.1. The van der Waals surface area contributed by atoms with Crippen LogP contribution in [0.1, 0.15) is 0 Å². The minimum absolute atomic E-state index is 0.658. The number of hydrogen-bond acceptors (Lipinski definition) is 1. The van der Waals surface area contributed by atoms with Gasteiger partial charge >= 0.3 is 0 Å². The molecule has 7 rings (SSSR count). The van der Waals surface area contributed by atoms with Crippen LogP contribution >= 0.6 is 50.1 Å². The molecule has 0 amide bonds. The van der Waals surface area contributed by atoms with E-state index in [-0.39, 0.29) is 0 Å². The van der Waals surface area contributed by atoms with E-state index in [4.69, 9.17) is 16.0 Å². The van der Waals surface area contributed by atoms with Gasteiger partial charge in [-0.15, -0.1) is 0 Å². The third-order valence-corrected chi connectivity index (χ3v) is 8.21. The lowest BCUT2D eigenvalue weighted by Gasteiger charge is -2.13. The summed E-state index contributed by atoms with van der Waals surface area (Å²) >= 11 is 13.2. The number of aromatic nitrogens is 1. The number of hydrogen-bond donors (Lipinski definition) is 0. The van der Waals surface area contributed by atoms with E-state index in [0.29, 0.717) is 5.02 Å². The Morgan fingerprint density at radius 2 is 1.48 bits per heavy atom. The summed E-state index contributed by atoms with van der Waals surface area (Å²) in [5.41, 5.74) is 4.89. The standard InChI is InChI=1S/C28H14BrClINO/c29-20-12-19-15-6-1-3-10-23(15)32(28(19)17-8-5-9-22(31)27(17)20)24-13-18-16-7-2-4-11-25(16)33-26(18)14-21(24)30/h1-14H. The van der Waals surface area contributed by atoms with E-state index in [1.54, 1.807) is 0 Å². The third kappa shape index (κ3) is 2.78. The predicted octanol–water partition coefficient (Wildman–Crippen LogP) is 9.86. The van der Waals surface area contributed by atoms with Gasteiger partial charge in [0.05, 0.1) is 21.7 Å². The summed E-state index contributed by atoms with van der Waals surface area (Å²) in [5, 5.41) is 7.60. The Bertz CT molecular complexity index is 1920. The monoisotopic (exact) mass is 621 g/mol. The normalized spacial score (nSPS) is 12.1. The van der Waals surface area contributed by atoms with Crippen LogP contribution in [0.2, 0.25) is 5.02 Å². The first kappa shape index (κ1) is 19.9. The smallest absolute Gasteiger partial charge is 0.137 e. The molecule has 0 aliphatic heterocycles. The van der Waals surface area contributed by atoms with Crippen LogP contribution in [0.5, 0.6) is 0 Å². The molecule has 0 aliphatic carbocycles. The predicted molar refractivity (Wildman–Crippen MR) is 151 cm³/mol. The molecule has 158 valence electrons. The van der Waals surface area contributed by atoms with E-state index in [1.807, 2.05) is 24.3 Å². The zero-order valence-corrected chi connectivity index (χ0v) is 21.6. The minimum atomic E-state index is 0.658. The molecule has 2 nitrogen and oxygen atoms in total. The van der Waals surface area contributed by atoms with Crippen molar-refractivity contribution in [2.24, 2.45) is 0 Å². The molecule has 0 fully saturated rings. The minimum Gasteiger partial charge on any atom is -0.456 e. The van der Waals surface area contributed by atoms with Crippen molar-refractivity contribution < 1.29 is 4.42 Å². The molecule has 0 aliphatic rings. The van der Waals surface area contributed by atoms with Gasteiger partial charge in [0.2, 0.25) is 0 Å². The largest absolute Gasteiger partial charge is 0.456 e. The van der Waals surface area contributed by atoms with Crippen LogP contribution in [0.25, 0.3) is 60.2 Å². The molecule has 0 spiro atoms. The van der Waals surface area contributed by atoms with E-state index < -0.39 is 0 Å². The van der Waals surface area contributed by atoms with Gasteiger partial charge in [0.1, 0.15) is 11.2 Å². The molecule has 0 radical (unpaired) electrons. The molecule has 2 aromatic heterocycles. The first-order valence-corrected chi connectivity index (χ1v) is 12.8. The van der Waals surface area contributed by atoms with Crippen molar-refractivity contribution in [3.63, 3.8) is 0 Å². The van der Waals surface area contributed by atoms with Gasteiger partial charge in [-0.2, -0.15) is 0 Å². The average Bonchev–Trinajstić information content (AvgIpc) is 3.34. The maximum Gasteiger partial charge on any atom is 0.137 e. The highest BCUT2D eigenvalue weighted by Gasteiger charge is 2.20. The summed E-state index contributed by atoms with van der Waals surface area (Å²) < 4.78 is 10.7. The van der Waals surface area contributed by atoms with Gasteiger partial charge in [0, 0.05) is 46.4 Å². The number of nitrogens with zero attached hydrogens (tertiary/aromatic N) is 1. The lowest BCUT2D eigenvalue weighted by atomic mass is 10.1. The molecular weight excluding hydrogens is 609 g/mol. The SMILES string of the molecule is Clc1cc2oc3ccccc3c2cc1-n1c2ccccc2c2cc(Br)c3c(I)cccc3c21. The second-order valence-electron chi connectivity index (χ2n) is 8.17. The molecule has 0 saturated carbocycles. The van der Waals surface area contributed by atoms with Crippen LogP contribution in [-0.2, 0) is 0 Å². The Hall–Kier alpha value is -2.54. The zero-order chi connectivity index (χ0) is 22.3. The molecule has 0 N–H and O–H groups in total. The Kier molecular flexibility index (Phi) is 4.36. The van der Waals surface area contributed by atoms with Gasteiger partial charge in [-0.05, 0) is 52.9 Å². The van der Waals surface area contributed by atoms with Crippen molar-refractivity contribution in [1.82, 2.24) is 4.57 Å². The number of benzene rings is 5. The average molecular weight is 623 g/mol. The molecule has 0 unspecified atom stereocenters. The molecule has 0 saturated heterocycles. The summed E-state index contributed by atoms with van der Waals surface area (Å²) in [4.78, 5) is 0. The highest BCUT2D eigenvalue weighted by molar-refractivity contribution is 14.1. The van der Waals surface area contributed by atoms with Crippen LogP contribution in [0.3, 0.4) is 0 Å². The summed E-state index contributed by atoms with van der Waals surface area (Å²) in [6.45, 7) is 0. The van der Waals surface area contributed by atoms with Crippen molar-refractivity contribution in [2.75, 3.05) is 0 Å². The van der Waals surface area contributed by atoms with Crippen molar-refractivity contribution in [3.8, 4) is 5.69 Å². The Morgan fingerprint density at radius 3 is 2.36 bits per heavy atom. The summed E-state index contributed by atoms with van der Waals surface area (Å²) in [6.07, 6.45) is 0. The number of fused-ring (bicyclic) bond motifs is 8. The van der Waals surface area contributed by atoms with E-state index in [2.05, 4.69) is 104 Å². The Balaban J connectivity index is 1.72. The number of para-hydroxylation sites is 2. The molecule has 0 bridgehead atoms. The van der Waals surface area contributed by atoms with E-state index >= 15 is 0 Å². The van der Waals surface area contributed by atoms with E-state index in [9.17, 15) is 0 Å². The van der Waals surface area contributed by atoms with E-state index in [1.165, 1.54) is 25.1 Å². The second-order valence-corrected chi connectivity index (χ2v) is 10.6. The third-order valence-electron chi connectivity index (χ3n) is 6.38. The highest BCUT2D eigenvalue weighted by Crippen LogP contribution is 2.43. The van der Waals surface area contributed by atoms with Gasteiger partial charge in [0.25, 0.3) is 0 Å². The first-order chi connectivity index (χ1) is 16.1. The summed E-state index contributed by atoms with van der Waals surface area (Å²) in [5.74, 6) is 0. The molecule has 33 heavy (non-hydrogen) atoms. The highest BCUT2D eigenvalue weighted by atomic mass is 127. The fourth-order valence-electron chi connectivity index (χ4n) is 5.00. The summed E-state index contributed by atoms with van der Waals surface area (Å²) in [6, 6.07) is 29.4. The molecule has 7 aromatic rings. The van der Waals surface area contributed by atoms with Crippen LogP contribution in [-0.4, -0.2) is 4.57 Å². The van der Waals surface area contributed by atoms with Crippen molar-refractivity contribution in [3.05, 3.63) is 98.0 Å². The van der Waals surface area contributed by atoms with Gasteiger partial charge in [-0.3, -0.25) is 0 Å². The van der Waals surface area contributed by atoms with Crippen LogP contribution < -0.4 is 0 Å². The van der Waals surface area contributed by atoms with Crippen LogP contribution in [0.4, 0.5) is 0 Å². The van der Waals surface area contributed by atoms with Gasteiger partial charge in [-0.1, -0.05) is 76.1 Å². The number of furan rings is 1. The molecule has 0 atom stereocenters. The molecule has 5 aromatic carbocycles. The fourth-order valence-corrected chi connectivity index (χ4v) is 7.05. The summed E-state index contributed by atoms with van der Waals surface area (Å²) in [7, 11) is 0. The van der Waals surface area contributed by atoms with Crippen LogP contribution in [0.15, 0.2) is 93.8 Å². The lowest BCUT2D eigenvalue weighted by Crippen LogP contribution is -1.96. The first-order valence-electron chi connectivity index (χ1n) is 10.5. The Labute approximate surface area is 216 Å². The van der Waals surface area contributed by atoms with Gasteiger partial charge in [-0.25, -0.2) is 0 Å². The topological polar surface area (TPSA) is 18.1 Å². The molecule has 5 heteroatoms. The fraction of sp³-hybridized carbons (Fsp3) is 0. The second kappa shape index (κ2) is 7.23. The Morgan fingerprint density at radius 1 is 0.727 bits per heavy atom. The maximum absolute atomic E-state index is 6.95. The van der Waals surface area contributed by atoms with Crippen molar-refractivity contribution >= 4 is 105 Å². The lowest BCUT2D eigenvalue weighted by molar-refractivity contribution is 0.669. The van der Waals surface area contributed by atoms with Crippen molar-refractivity contribution in [2.45, 2.75) is 0 Å². The van der Waals surface area contributed by atoms with E-state index in [0.717, 1.165) is 43.1 Å². The molecular formula is C28H14BrClINO. The number of halogens is 3. The molecule has 2 heterocycles. The van der Waals surface area contributed by atoms with Gasteiger partial charge in [0.15, 0.2) is 0 Å². The van der Waals surface area contributed by atoms with Crippen molar-refractivity contribution in [1.29, 1.82) is 0 Å². The number of rotatable bonds is 1. The maximum atomic E-state index is 6.95. The van der Waals surface area contributed by atoms with Gasteiger partial charge < -0.3 is 8.98 Å². The quantitative estimate of drug-likeness (QED) is 0.167. The van der Waals surface area contributed by atoms with Crippen LogP contribution in [0, 0.1) is 3.57 Å².